The van der Waals surface area contributed by atoms with Crippen molar-refractivity contribution in [2.45, 2.75) is 12.4 Å². The van der Waals surface area contributed by atoms with Crippen molar-refractivity contribution in [2.75, 3.05) is 7.11 Å². The van der Waals surface area contributed by atoms with Gasteiger partial charge in [0.2, 0.25) is 5.82 Å². The Morgan fingerprint density at radius 1 is 0.919 bits per heavy atom. The van der Waals surface area contributed by atoms with E-state index < -0.39 is 23.5 Å². The van der Waals surface area contributed by atoms with Crippen LogP contribution in [0.3, 0.4) is 0 Å². The monoisotopic (exact) mass is 524 g/mol. The molecule has 37 heavy (non-hydrogen) atoms. The molecule has 0 amide bonds. The number of alkyl halides is 6. The van der Waals surface area contributed by atoms with Gasteiger partial charge in [0.05, 0.1) is 23.8 Å². The SMILES string of the molecule is COc1ccc(ON=C(N)c2ccc(C(F)(F)F)cn2)c(-c2nc(-c3ccc(C(F)(F)F)cn3)no2)c1. The van der Waals surface area contributed by atoms with Crippen molar-refractivity contribution in [3.63, 3.8) is 0 Å². The normalized spacial score (nSPS) is 12.5. The topological polar surface area (TPSA) is 122 Å². The molecule has 0 unspecified atom stereocenters. The minimum Gasteiger partial charge on any atom is -0.497 e. The van der Waals surface area contributed by atoms with Crippen LogP contribution in [0.5, 0.6) is 11.5 Å². The second-order valence-corrected chi connectivity index (χ2v) is 7.21. The molecule has 4 rings (SSSR count). The zero-order valence-corrected chi connectivity index (χ0v) is 18.5. The van der Waals surface area contributed by atoms with Crippen molar-refractivity contribution in [1.82, 2.24) is 20.1 Å². The molecule has 0 aliphatic heterocycles. The molecule has 0 radical (unpaired) electrons. The van der Waals surface area contributed by atoms with Gasteiger partial charge in [0, 0.05) is 12.4 Å². The highest BCUT2D eigenvalue weighted by molar-refractivity contribution is 5.95. The Kier molecular flexibility index (Phi) is 6.70. The Morgan fingerprint density at radius 2 is 1.59 bits per heavy atom. The van der Waals surface area contributed by atoms with Gasteiger partial charge in [-0.1, -0.05) is 10.3 Å². The summed E-state index contributed by atoms with van der Waals surface area (Å²) < 4.78 is 86.9. The van der Waals surface area contributed by atoms with Crippen LogP contribution >= 0.6 is 0 Å². The number of halogens is 6. The van der Waals surface area contributed by atoms with Crippen molar-refractivity contribution < 1.29 is 40.4 Å². The second-order valence-electron chi connectivity index (χ2n) is 7.21. The van der Waals surface area contributed by atoms with Crippen molar-refractivity contribution >= 4 is 5.84 Å². The molecular weight excluding hydrogens is 510 g/mol. The summed E-state index contributed by atoms with van der Waals surface area (Å²) in [6.07, 6.45) is -7.88. The Morgan fingerprint density at radius 3 is 2.16 bits per heavy atom. The van der Waals surface area contributed by atoms with E-state index in [9.17, 15) is 26.3 Å². The van der Waals surface area contributed by atoms with E-state index in [1.54, 1.807) is 0 Å². The van der Waals surface area contributed by atoms with Gasteiger partial charge in [-0.2, -0.15) is 31.3 Å². The Labute approximate surface area is 203 Å². The van der Waals surface area contributed by atoms with Gasteiger partial charge in [-0.25, -0.2) is 0 Å². The lowest BCUT2D eigenvalue weighted by Gasteiger charge is -2.08. The average molecular weight is 524 g/mol. The second kappa shape index (κ2) is 9.75. The molecule has 0 fully saturated rings. The molecule has 0 atom stereocenters. The Hall–Kier alpha value is -4.69. The molecule has 0 aliphatic carbocycles. The van der Waals surface area contributed by atoms with E-state index >= 15 is 0 Å². The first-order valence-corrected chi connectivity index (χ1v) is 10.1. The highest BCUT2D eigenvalue weighted by atomic mass is 19.4. The standard InChI is InChI=1S/C22H14F6N6O3/c1-35-13-4-7-17(36-33-18(29)15-5-2-11(9-30-15)21(23,24)25)14(8-13)20-32-19(34-37-20)16-6-3-12(10-31-16)22(26,27)28/h2-10H,1H3,(H2,29,33). The number of rotatable bonds is 6. The largest absolute Gasteiger partial charge is 0.497 e. The molecule has 3 aromatic heterocycles. The highest BCUT2D eigenvalue weighted by Crippen LogP contribution is 2.34. The number of aromatic nitrogens is 4. The number of methoxy groups -OCH3 is 1. The van der Waals surface area contributed by atoms with Gasteiger partial charge in [0.1, 0.15) is 17.1 Å². The molecule has 1 aromatic carbocycles. The number of hydrogen-bond acceptors (Lipinski definition) is 8. The molecular formula is C22H14F6N6O3. The number of pyridine rings is 2. The van der Waals surface area contributed by atoms with Crippen LogP contribution in [0, 0.1) is 0 Å². The predicted octanol–water partition coefficient (Wildman–Crippen LogP) is 4.94. The fourth-order valence-corrected chi connectivity index (χ4v) is 2.87. The van der Waals surface area contributed by atoms with Crippen molar-refractivity contribution in [3.8, 4) is 34.5 Å². The van der Waals surface area contributed by atoms with Crippen LogP contribution < -0.4 is 15.3 Å². The van der Waals surface area contributed by atoms with Crippen LogP contribution in [0.4, 0.5) is 26.3 Å². The van der Waals surface area contributed by atoms with E-state index in [1.165, 1.54) is 25.3 Å². The van der Waals surface area contributed by atoms with Gasteiger partial charge >= 0.3 is 12.4 Å². The van der Waals surface area contributed by atoms with Crippen molar-refractivity contribution in [2.24, 2.45) is 10.9 Å². The highest BCUT2D eigenvalue weighted by Gasteiger charge is 2.31. The number of amidine groups is 1. The van der Waals surface area contributed by atoms with E-state index in [4.69, 9.17) is 19.8 Å². The number of hydrogen-bond donors (Lipinski definition) is 1. The number of oxime groups is 1. The van der Waals surface area contributed by atoms with E-state index in [0.717, 1.165) is 24.3 Å². The molecule has 2 N–H and O–H groups in total. The predicted molar refractivity (Wildman–Crippen MR) is 115 cm³/mol. The van der Waals surface area contributed by atoms with E-state index in [1.807, 2.05) is 0 Å². The van der Waals surface area contributed by atoms with Gasteiger partial charge < -0.3 is 19.8 Å². The fourth-order valence-electron chi connectivity index (χ4n) is 2.87. The maximum atomic E-state index is 12.8. The minimum atomic E-state index is -4.56. The zero-order valence-electron chi connectivity index (χ0n) is 18.5. The lowest BCUT2D eigenvalue weighted by atomic mass is 10.2. The van der Waals surface area contributed by atoms with E-state index in [0.29, 0.717) is 18.1 Å². The zero-order chi connectivity index (χ0) is 26.8. The van der Waals surface area contributed by atoms with Crippen LogP contribution in [-0.2, 0) is 12.4 Å². The molecule has 0 spiro atoms. The van der Waals surface area contributed by atoms with Crippen LogP contribution in [0.2, 0.25) is 0 Å². The lowest BCUT2D eigenvalue weighted by Crippen LogP contribution is -2.17. The minimum absolute atomic E-state index is 0.0176. The summed E-state index contributed by atoms with van der Waals surface area (Å²) in [6, 6.07) is 8.11. The fraction of sp³-hybridized carbons (Fsp3) is 0.136. The summed E-state index contributed by atoms with van der Waals surface area (Å²) >= 11 is 0. The molecule has 3 heterocycles. The van der Waals surface area contributed by atoms with E-state index in [-0.39, 0.29) is 40.3 Å². The number of nitrogens with zero attached hydrogens (tertiary/aromatic N) is 5. The summed E-state index contributed by atoms with van der Waals surface area (Å²) in [5.74, 6) is -0.153. The molecule has 0 bridgehead atoms. The smallest absolute Gasteiger partial charge is 0.417 e. The Bertz CT molecular complexity index is 1420. The lowest BCUT2D eigenvalue weighted by molar-refractivity contribution is -0.138. The van der Waals surface area contributed by atoms with E-state index in [2.05, 4.69) is 25.3 Å². The number of ether oxygens (including phenoxy) is 1. The number of benzene rings is 1. The summed E-state index contributed by atoms with van der Waals surface area (Å²) in [5.41, 5.74) is 4.00. The first-order valence-electron chi connectivity index (χ1n) is 10.1. The average Bonchev–Trinajstić information content (AvgIpc) is 3.36. The van der Waals surface area contributed by atoms with Crippen LogP contribution in [0.1, 0.15) is 16.8 Å². The summed E-state index contributed by atoms with van der Waals surface area (Å²) in [7, 11) is 1.40. The molecule has 0 saturated carbocycles. The first kappa shape index (κ1) is 25.4. The molecule has 0 aliphatic rings. The molecule has 15 heteroatoms. The third kappa shape index (κ3) is 5.76. The van der Waals surface area contributed by atoms with Crippen LogP contribution in [0.25, 0.3) is 23.0 Å². The van der Waals surface area contributed by atoms with Crippen LogP contribution in [-0.4, -0.2) is 33.1 Å². The third-order valence-electron chi connectivity index (χ3n) is 4.76. The third-order valence-corrected chi connectivity index (χ3v) is 4.76. The Balaban J connectivity index is 1.61. The maximum absolute atomic E-state index is 12.8. The summed E-state index contributed by atoms with van der Waals surface area (Å²) in [4.78, 5) is 16.8. The summed E-state index contributed by atoms with van der Waals surface area (Å²) in [6.45, 7) is 0. The van der Waals surface area contributed by atoms with Gasteiger partial charge in [-0.05, 0) is 42.5 Å². The van der Waals surface area contributed by atoms with Gasteiger partial charge in [0.15, 0.2) is 11.6 Å². The van der Waals surface area contributed by atoms with Crippen molar-refractivity contribution in [3.05, 3.63) is 71.7 Å². The van der Waals surface area contributed by atoms with Gasteiger partial charge in [0.25, 0.3) is 5.89 Å². The maximum Gasteiger partial charge on any atom is 0.417 e. The summed E-state index contributed by atoms with van der Waals surface area (Å²) in [5, 5.41) is 7.43. The molecule has 9 nitrogen and oxygen atoms in total. The molecule has 192 valence electrons. The first-order chi connectivity index (χ1) is 17.5. The van der Waals surface area contributed by atoms with Crippen molar-refractivity contribution in [1.29, 1.82) is 0 Å². The molecule has 4 aromatic rings. The number of nitrogens with two attached hydrogens (primary N) is 1. The van der Waals surface area contributed by atoms with Gasteiger partial charge in [-0.15, -0.1) is 0 Å². The molecule has 0 saturated heterocycles. The quantitative estimate of drug-likeness (QED) is 0.163. The van der Waals surface area contributed by atoms with Crippen LogP contribution in [0.15, 0.2) is 64.5 Å². The van der Waals surface area contributed by atoms with Gasteiger partial charge in [-0.3, -0.25) is 9.97 Å².